The van der Waals surface area contributed by atoms with Crippen molar-refractivity contribution in [2.75, 3.05) is 13.2 Å². The third kappa shape index (κ3) is 6.19. The summed E-state index contributed by atoms with van der Waals surface area (Å²) in [6.07, 6.45) is -0.466. The molecule has 0 radical (unpaired) electrons. The van der Waals surface area contributed by atoms with Crippen LogP contribution in [0.25, 0.3) is 0 Å². The third-order valence-corrected chi connectivity index (χ3v) is 1.25. The Kier molecular flexibility index (Phi) is 4.52. The van der Waals surface area contributed by atoms with E-state index in [2.05, 4.69) is 5.32 Å². The SMILES string of the molecule is CC(C)NCC(F)(F)CCO. The maximum atomic E-state index is 12.6. The van der Waals surface area contributed by atoms with Crippen LogP contribution in [0.1, 0.15) is 20.3 Å². The average Bonchev–Trinajstić information content (AvgIpc) is 1.84. The molecule has 0 heterocycles. The maximum absolute atomic E-state index is 12.6. The second kappa shape index (κ2) is 4.62. The lowest BCUT2D eigenvalue weighted by atomic mass is 10.2. The number of hydrogen-bond acceptors (Lipinski definition) is 2. The van der Waals surface area contributed by atoms with Gasteiger partial charge in [-0.2, -0.15) is 0 Å². The molecule has 0 unspecified atom stereocenters. The Labute approximate surface area is 65.6 Å². The van der Waals surface area contributed by atoms with Crippen LogP contribution in [-0.2, 0) is 0 Å². The van der Waals surface area contributed by atoms with Gasteiger partial charge in [0.2, 0.25) is 0 Å². The molecule has 0 aliphatic rings. The summed E-state index contributed by atoms with van der Waals surface area (Å²) in [4.78, 5) is 0. The molecule has 0 fully saturated rings. The van der Waals surface area contributed by atoms with Gasteiger partial charge < -0.3 is 10.4 Å². The van der Waals surface area contributed by atoms with Crippen molar-refractivity contribution in [2.45, 2.75) is 32.2 Å². The fraction of sp³-hybridized carbons (Fsp3) is 1.00. The molecule has 0 aliphatic carbocycles. The van der Waals surface area contributed by atoms with Gasteiger partial charge in [0.1, 0.15) is 0 Å². The van der Waals surface area contributed by atoms with E-state index in [-0.39, 0.29) is 12.6 Å². The molecular weight excluding hydrogens is 152 g/mol. The summed E-state index contributed by atoms with van der Waals surface area (Å²) >= 11 is 0. The quantitative estimate of drug-likeness (QED) is 0.640. The zero-order chi connectivity index (χ0) is 8.91. The third-order valence-electron chi connectivity index (χ3n) is 1.25. The molecule has 0 spiro atoms. The van der Waals surface area contributed by atoms with Gasteiger partial charge in [-0.3, -0.25) is 0 Å². The molecule has 0 rings (SSSR count). The van der Waals surface area contributed by atoms with Crippen LogP contribution >= 0.6 is 0 Å². The van der Waals surface area contributed by atoms with Crippen LogP contribution in [0.5, 0.6) is 0 Å². The Hall–Kier alpha value is -0.220. The highest BCUT2D eigenvalue weighted by Crippen LogP contribution is 2.16. The number of aliphatic hydroxyl groups is 1. The highest BCUT2D eigenvalue weighted by Gasteiger charge is 2.27. The number of nitrogens with one attached hydrogen (secondary N) is 1. The Morgan fingerprint density at radius 2 is 2.00 bits per heavy atom. The Morgan fingerprint density at radius 3 is 2.36 bits per heavy atom. The van der Waals surface area contributed by atoms with E-state index in [1.54, 1.807) is 13.8 Å². The van der Waals surface area contributed by atoms with Crippen LogP contribution in [0, 0.1) is 0 Å². The first kappa shape index (κ1) is 10.8. The molecule has 0 atom stereocenters. The smallest absolute Gasteiger partial charge is 0.262 e. The van der Waals surface area contributed by atoms with Gasteiger partial charge in [-0.05, 0) is 0 Å². The van der Waals surface area contributed by atoms with E-state index in [1.165, 1.54) is 0 Å². The van der Waals surface area contributed by atoms with Crippen molar-refractivity contribution >= 4 is 0 Å². The van der Waals surface area contributed by atoms with E-state index in [0.717, 1.165) is 0 Å². The lowest BCUT2D eigenvalue weighted by Crippen LogP contribution is -2.37. The number of alkyl halides is 2. The molecule has 2 nitrogen and oxygen atoms in total. The van der Waals surface area contributed by atoms with Crippen LogP contribution in [0.4, 0.5) is 8.78 Å². The molecule has 0 amide bonds. The molecule has 0 aromatic heterocycles. The molecule has 0 saturated heterocycles. The summed E-state index contributed by atoms with van der Waals surface area (Å²) < 4.78 is 25.1. The van der Waals surface area contributed by atoms with Gasteiger partial charge in [0, 0.05) is 19.1 Å². The lowest BCUT2D eigenvalue weighted by Gasteiger charge is -2.17. The fourth-order valence-corrected chi connectivity index (χ4v) is 0.605. The normalized spacial score (nSPS) is 12.5. The zero-order valence-electron chi connectivity index (χ0n) is 6.90. The summed E-state index contributed by atoms with van der Waals surface area (Å²) in [6.45, 7) is 2.78. The standard InChI is InChI=1S/C7H15F2NO/c1-6(2)10-5-7(8,9)3-4-11/h6,10-11H,3-5H2,1-2H3. The van der Waals surface area contributed by atoms with Gasteiger partial charge in [-0.1, -0.05) is 13.8 Å². The number of halogens is 2. The van der Waals surface area contributed by atoms with Gasteiger partial charge in [0.15, 0.2) is 0 Å². The van der Waals surface area contributed by atoms with E-state index in [4.69, 9.17) is 5.11 Å². The van der Waals surface area contributed by atoms with Crippen LogP contribution in [-0.4, -0.2) is 30.2 Å². The maximum Gasteiger partial charge on any atom is 0.262 e. The summed E-state index contributed by atoms with van der Waals surface area (Å²) in [5.41, 5.74) is 0. The van der Waals surface area contributed by atoms with Gasteiger partial charge in [-0.15, -0.1) is 0 Å². The number of hydrogen-bond donors (Lipinski definition) is 2. The number of rotatable bonds is 5. The predicted octanol–water partition coefficient (Wildman–Crippen LogP) is 1.00. The van der Waals surface area contributed by atoms with Crippen molar-refractivity contribution in [1.29, 1.82) is 0 Å². The molecule has 4 heteroatoms. The zero-order valence-corrected chi connectivity index (χ0v) is 6.90. The van der Waals surface area contributed by atoms with E-state index in [9.17, 15) is 8.78 Å². The predicted molar refractivity (Wildman–Crippen MR) is 39.8 cm³/mol. The van der Waals surface area contributed by atoms with Crippen LogP contribution in [0.3, 0.4) is 0 Å². The molecule has 68 valence electrons. The van der Waals surface area contributed by atoms with E-state index >= 15 is 0 Å². The fourth-order valence-electron chi connectivity index (χ4n) is 0.605. The molecular formula is C7H15F2NO. The second-order valence-electron chi connectivity index (χ2n) is 2.87. The van der Waals surface area contributed by atoms with Crippen molar-refractivity contribution in [3.05, 3.63) is 0 Å². The Bertz CT molecular complexity index is 107. The molecule has 0 bridgehead atoms. The minimum Gasteiger partial charge on any atom is -0.396 e. The van der Waals surface area contributed by atoms with Gasteiger partial charge in [-0.25, -0.2) is 8.78 Å². The minimum atomic E-state index is -2.78. The van der Waals surface area contributed by atoms with Crippen molar-refractivity contribution in [1.82, 2.24) is 5.32 Å². The second-order valence-corrected chi connectivity index (χ2v) is 2.87. The summed E-state index contributed by atoms with van der Waals surface area (Å²) in [6, 6.07) is 0.0552. The van der Waals surface area contributed by atoms with Crippen LogP contribution in [0.2, 0.25) is 0 Å². The molecule has 0 aromatic rings. The Morgan fingerprint density at radius 1 is 1.45 bits per heavy atom. The highest BCUT2D eigenvalue weighted by atomic mass is 19.3. The number of aliphatic hydroxyl groups excluding tert-OH is 1. The molecule has 0 saturated carbocycles. The van der Waals surface area contributed by atoms with E-state index < -0.39 is 19.0 Å². The van der Waals surface area contributed by atoms with Crippen LogP contribution < -0.4 is 5.32 Å². The first-order chi connectivity index (χ1) is 4.98. The topological polar surface area (TPSA) is 32.3 Å². The summed E-state index contributed by atoms with van der Waals surface area (Å²) in [5.74, 6) is -2.78. The Balaban J connectivity index is 3.54. The molecule has 0 aromatic carbocycles. The first-order valence-corrected chi connectivity index (χ1v) is 3.70. The largest absolute Gasteiger partial charge is 0.396 e. The van der Waals surface area contributed by atoms with Crippen LogP contribution in [0.15, 0.2) is 0 Å². The molecule has 2 N–H and O–H groups in total. The van der Waals surface area contributed by atoms with E-state index in [0.29, 0.717) is 0 Å². The summed E-state index contributed by atoms with van der Waals surface area (Å²) in [7, 11) is 0. The monoisotopic (exact) mass is 167 g/mol. The minimum absolute atomic E-state index is 0.0552. The molecule has 11 heavy (non-hydrogen) atoms. The summed E-state index contributed by atoms with van der Waals surface area (Å²) in [5, 5.41) is 10.9. The van der Waals surface area contributed by atoms with Gasteiger partial charge in [0.25, 0.3) is 5.92 Å². The lowest BCUT2D eigenvalue weighted by molar-refractivity contribution is -0.0211. The van der Waals surface area contributed by atoms with Gasteiger partial charge in [0.05, 0.1) is 6.54 Å². The van der Waals surface area contributed by atoms with Crippen molar-refractivity contribution in [3.63, 3.8) is 0 Å². The van der Waals surface area contributed by atoms with E-state index in [1.807, 2.05) is 0 Å². The first-order valence-electron chi connectivity index (χ1n) is 3.70. The van der Waals surface area contributed by atoms with Crippen molar-refractivity contribution in [3.8, 4) is 0 Å². The highest BCUT2D eigenvalue weighted by molar-refractivity contribution is 4.69. The van der Waals surface area contributed by atoms with Crippen molar-refractivity contribution in [2.24, 2.45) is 0 Å². The van der Waals surface area contributed by atoms with Crippen molar-refractivity contribution < 1.29 is 13.9 Å². The average molecular weight is 167 g/mol. The molecule has 0 aliphatic heterocycles. The van der Waals surface area contributed by atoms with Gasteiger partial charge >= 0.3 is 0 Å².